The van der Waals surface area contributed by atoms with Crippen molar-refractivity contribution in [2.75, 3.05) is 0 Å². The Hall–Kier alpha value is 0.00208. The van der Waals surface area contributed by atoms with Gasteiger partial charge in [0.15, 0.2) is 0 Å². The van der Waals surface area contributed by atoms with Gasteiger partial charge in [-0.15, -0.1) is 0 Å². The van der Waals surface area contributed by atoms with Crippen LogP contribution in [0.4, 0.5) is 0 Å². The first-order chi connectivity index (χ1) is 1.73. The van der Waals surface area contributed by atoms with E-state index in [1.807, 2.05) is 0 Å². The van der Waals surface area contributed by atoms with Gasteiger partial charge in [-0.05, 0) is 0 Å². The van der Waals surface area contributed by atoms with Gasteiger partial charge in [-0.3, -0.25) is 0 Å². The molecule has 0 aromatic rings. The Labute approximate surface area is 64.5 Å². The molecule has 0 bridgehead atoms. The second-order valence-corrected chi connectivity index (χ2v) is 0.224. The average Bonchev–Trinajstić information content (AvgIpc) is 0.811. The first-order valence-electron chi connectivity index (χ1n) is 0.548. The van der Waals surface area contributed by atoms with E-state index < -0.39 is 5.09 Å². The van der Waals surface area contributed by atoms with Gasteiger partial charge in [-0.1, -0.05) is 0 Å². The molecule has 50 valence electrons. The minimum atomic E-state index is -1.75. The van der Waals surface area contributed by atoms with Gasteiger partial charge in [0.05, 0.1) is 5.09 Å². The molecular formula is H6CdNO6-. The number of hydrogen-bond donors (Lipinski definition) is 0. The van der Waals surface area contributed by atoms with Crippen molar-refractivity contribution >= 4 is 0 Å². The van der Waals surface area contributed by atoms with Crippen LogP contribution in [0.3, 0.4) is 0 Å². The summed E-state index contributed by atoms with van der Waals surface area (Å²) < 4.78 is 0. The normalized spacial score (nSPS) is 3.00. The zero-order valence-corrected chi connectivity index (χ0v) is 7.92. The maximum absolute atomic E-state index is 8.25. The van der Waals surface area contributed by atoms with Crippen LogP contribution in [-0.4, -0.2) is 21.5 Å². The molecule has 0 saturated heterocycles. The Morgan fingerprint density at radius 1 is 1.00 bits per heavy atom. The summed E-state index contributed by atoms with van der Waals surface area (Å²) in [7, 11) is 0. The first-order valence-corrected chi connectivity index (χ1v) is 0.548. The number of nitrogens with zero attached hydrogens (tertiary/aromatic N) is 1. The van der Waals surface area contributed by atoms with Crippen molar-refractivity contribution in [2.45, 2.75) is 0 Å². The summed E-state index contributed by atoms with van der Waals surface area (Å²) in [6.45, 7) is 0. The third-order valence-electron chi connectivity index (χ3n) is 0. The molecule has 0 fully saturated rings. The fourth-order valence-electron chi connectivity index (χ4n) is 0. The SMILES string of the molecule is O.O.O.O=[N+]([O-])[O-].[Cd]. The molecule has 0 atom stereocenters. The van der Waals surface area contributed by atoms with Crippen LogP contribution in [0.25, 0.3) is 0 Å². The molecule has 0 aromatic heterocycles. The van der Waals surface area contributed by atoms with Crippen molar-refractivity contribution in [1.29, 1.82) is 0 Å². The molecule has 0 aromatic carbocycles. The van der Waals surface area contributed by atoms with Gasteiger partial charge in [-0.25, -0.2) is 0 Å². The van der Waals surface area contributed by atoms with Crippen molar-refractivity contribution in [2.24, 2.45) is 0 Å². The molecule has 7 nitrogen and oxygen atoms in total. The molecular weight excluding hydrogens is 222 g/mol. The molecule has 0 unspecified atom stereocenters. The third-order valence-corrected chi connectivity index (χ3v) is 0. The number of hydrogen-bond acceptors (Lipinski definition) is 3. The Morgan fingerprint density at radius 2 is 1.00 bits per heavy atom. The second kappa shape index (κ2) is 28.0. The van der Waals surface area contributed by atoms with Crippen molar-refractivity contribution in [3.8, 4) is 0 Å². The smallest absolute Gasteiger partial charge is 0.0689 e. The van der Waals surface area contributed by atoms with Gasteiger partial charge >= 0.3 is 0 Å². The van der Waals surface area contributed by atoms with E-state index in [0.29, 0.717) is 0 Å². The summed E-state index contributed by atoms with van der Waals surface area (Å²) in [5.74, 6) is 0. The molecule has 0 spiro atoms. The maximum Gasteiger partial charge on any atom is 0.0689 e. The second-order valence-electron chi connectivity index (χ2n) is 0.224. The van der Waals surface area contributed by atoms with Crippen molar-refractivity contribution in [1.82, 2.24) is 0 Å². The van der Waals surface area contributed by atoms with E-state index in [1.165, 1.54) is 0 Å². The monoisotopic (exact) mass is 230 g/mol. The molecule has 0 radical (unpaired) electrons. The van der Waals surface area contributed by atoms with E-state index in [1.54, 1.807) is 0 Å². The Balaban J connectivity index is -0.00000000750. The summed E-state index contributed by atoms with van der Waals surface area (Å²) >= 11 is 0. The molecule has 0 aliphatic rings. The third kappa shape index (κ3) is 34800000. The molecule has 8 heavy (non-hydrogen) atoms. The van der Waals surface area contributed by atoms with E-state index in [4.69, 9.17) is 15.3 Å². The maximum atomic E-state index is 8.25. The van der Waals surface area contributed by atoms with Crippen LogP contribution in [0.15, 0.2) is 0 Å². The van der Waals surface area contributed by atoms with Gasteiger partial charge in [0.25, 0.3) is 0 Å². The molecule has 0 aliphatic carbocycles. The van der Waals surface area contributed by atoms with Crippen LogP contribution in [0.2, 0.25) is 0 Å². The topological polar surface area (TPSA) is 161 Å². The molecule has 0 heterocycles. The first kappa shape index (κ1) is 43.5. The zero-order valence-electron chi connectivity index (χ0n) is 3.88. The number of rotatable bonds is 0. The van der Waals surface area contributed by atoms with Gasteiger partial charge < -0.3 is 31.8 Å². The van der Waals surface area contributed by atoms with Crippen molar-refractivity contribution < 1.29 is 48.8 Å². The fraction of sp³-hybridized carbons (Fsp3) is 0. The molecule has 0 aliphatic heterocycles. The van der Waals surface area contributed by atoms with E-state index in [0.717, 1.165) is 0 Å². The van der Waals surface area contributed by atoms with Gasteiger partial charge in [0, 0.05) is 27.3 Å². The largest absolute Gasteiger partial charge is 0.412 e. The van der Waals surface area contributed by atoms with Crippen molar-refractivity contribution in [3.05, 3.63) is 15.3 Å². The molecule has 0 saturated carbocycles. The van der Waals surface area contributed by atoms with Crippen LogP contribution in [-0.2, 0) is 27.3 Å². The van der Waals surface area contributed by atoms with Crippen LogP contribution >= 0.6 is 0 Å². The summed E-state index contributed by atoms with van der Waals surface area (Å²) in [6, 6.07) is 0. The molecule has 0 rings (SSSR count). The summed E-state index contributed by atoms with van der Waals surface area (Å²) in [6.07, 6.45) is 0. The Morgan fingerprint density at radius 3 is 1.00 bits per heavy atom. The molecule has 6 N–H and O–H groups in total. The standard InChI is InChI=1S/Cd.NO3.3H2O/c;2-1(3)4;;;/h;;3*1H2/q;-1;;;. The van der Waals surface area contributed by atoms with Gasteiger partial charge in [0.1, 0.15) is 0 Å². The molecule has 0 amide bonds. The summed E-state index contributed by atoms with van der Waals surface area (Å²) in [4.78, 5) is 8.25. The average molecular weight is 228 g/mol. The fourth-order valence-corrected chi connectivity index (χ4v) is 0. The Bertz CT molecular complexity index is 31.5. The summed E-state index contributed by atoms with van der Waals surface area (Å²) in [5.41, 5.74) is 0. The molecule has 8 heteroatoms. The predicted molar refractivity (Wildman–Crippen MR) is 21.2 cm³/mol. The van der Waals surface area contributed by atoms with E-state index in [9.17, 15) is 0 Å². The minimum absolute atomic E-state index is 0. The van der Waals surface area contributed by atoms with E-state index in [2.05, 4.69) is 0 Å². The Kier molecular flexibility index (Phi) is 152. The predicted octanol–water partition coefficient (Wildman–Crippen LogP) is -2.72. The van der Waals surface area contributed by atoms with Crippen LogP contribution in [0, 0.1) is 15.3 Å². The van der Waals surface area contributed by atoms with Crippen molar-refractivity contribution in [3.63, 3.8) is 0 Å². The van der Waals surface area contributed by atoms with Gasteiger partial charge in [-0.2, -0.15) is 0 Å². The summed E-state index contributed by atoms with van der Waals surface area (Å²) in [5, 5.41) is 14.8. The van der Waals surface area contributed by atoms with E-state index >= 15 is 0 Å². The van der Waals surface area contributed by atoms with Crippen LogP contribution in [0.5, 0.6) is 0 Å². The van der Waals surface area contributed by atoms with E-state index in [-0.39, 0.29) is 43.7 Å². The van der Waals surface area contributed by atoms with Crippen LogP contribution < -0.4 is 0 Å². The van der Waals surface area contributed by atoms with Crippen LogP contribution in [0.1, 0.15) is 0 Å². The van der Waals surface area contributed by atoms with Gasteiger partial charge in [0.2, 0.25) is 0 Å². The quantitative estimate of drug-likeness (QED) is 0.250. The zero-order chi connectivity index (χ0) is 3.58. The minimum Gasteiger partial charge on any atom is -0.412 e.